The van der Waals surface area contributed by atoms with Gasteiger partial charge in [0.05, 0.1) is 6.26 Å². The Hall–Kier alpha value is -2.15. The topological polar surface area (TPSA) is 57.6 Å². The molecule has 0 saturated heterocycles. The van der Waals surface area contributed by atoms with Gasteiger partial charge in [-0.2, -0.15) is 0 Å². The van der Waals surface area contributed by atoms with Crippen LogP contribution in [0.5, 0.6) is 11.5 Å². The molecule has 114 valence electrons. The van der Waals surface area contributed by atoms with Crippen molar-refractivity contribution >= 4 is 0 Å². The molecule has 0 aliphatic carbocycles. The molecular weight excluding hydrogens is 287 g/mol. The minimum Gasteiger partial charge on any atom is -0.477 e. The Morgan fingerprint density at radius 3 is 2.29 bits per heavy atom. The molecule has 1 aromatic heterocycles. The normalized spacial score (nSPS) is 14.5. The quantitative estimate of drug-likeness (QED) is 0.916. The second kappa shape index (κ2) is 6.09. The van der Waals surface area contributed by atoms with E-state index in [-0.39, 0.29) is 5.75 Å². The summed E-state index contributed by atoms with van der Waals surface area (Å²) in [5, 5.41) is 0. The van der Waals surface area contributed by atoms with Crippen molar-refractivity contribution in [3.8, 4) is 11.5 Å². The second-order valence-electron chi connectivity index (χ2n) is 4.41. The highest BCUT2D eigenvalue weighted by Gasteiger charge is 2.33. The van der Waals surface area contributed by atoms with Gasteiger partial charge in [-0.25, -0.2) is 0 Å². The van der Waals surface area contributed by atoms with Crippen molar-refractivity contribution in [3.05, 3.63) is 48.4 Å². The summed E-state index contributed by atoms with van der Waals surface area (Å²) in [4.78, 5) is 0. The Balaban J connectivity index is 2.25. The van der Waals surface area contributed by atoms with Gasteiger partial charge < -0.3 is 19.6 Å². The smallest absolute Gasteiger partial charge is 0.477 e. The molecule has 4 nitrogen and oxygen atoms in total. The van der Waals surface area contributed by atoms with E-state index in [9.17, 15) is 13.2 Å². The molecule has 0 radical (unpaired) electrons. The average Bonchev–Trinajstić information content (AvgIpc) is 2.89. The number of rotatable bonds is 5. The highest BCUT2D eigenvalue weighted by atomic mass is 19.4. The van der Waals surface area contributed by atoms with E-state index in [1.165, 1.54) is 24.5 Å². The van der Waals surface area contributed by atoms with E-state index >= 15 is 0 Å². The van der Waals surface area contributed by atoms with Crippen molar-refractivity contribution < 1.29 is 27.1 Å². The van der Waals surface area contributed by atoms with Crippen LogP contribution in [0.2, 0.25) is 0 Å². The van der Waals surface area contributed by atoms with Gasteiger partial charge in [-0.3, -0.25) is 0 Å². The van der Waals surface area contributed by atoms with Gasteiger partial charge >= 0.3 is 6.36 Å². The van der Waals surface area contributed by atoms with E-state index < -0.39 is 24.3 Å². The largest absolute Gasteiger partial charge is 0.573 e. The van der Waals surface area contributed by atoms with E-state index in [0.717, 1.165) is 0 Å². The number of halogens is 3. The molecule has 0 amide bonds. The first-order valence-electron chi connectivity index (χ1n) is 6.17. The number of furan rings is 1. The molecule has 7 heteroatoms. The van der Waals surface area contributed by atoms with Crippen LogP contribution in [0.1, 0.15) is 18.8 Å². The molecule has 0 aliphatic rings. The van der Waals surface area contributed by atoms with Crippen molar-refractivity contribution in [2.24, 2.45) is 5.73 Å². The summed E-state index contributed by atoms with van der Waals surface area (Å²) in [7, 11) is 0. The van der Waals surface area contributed by atoms with Crippen LogP contribution in [-0.4, -0.2) is 12.4 Å². The number of hydrogen-bond acceptors (Lipinski definition) is 4. The molecule has 2 atom stereocenters. The molecule has 0 spiro atoms. The summed E-state index contributed by atoms with van der Waals surface area (Å²) in [6, 6.07) is 8.30. The summed E-state index contributed by atoms with van der Waals surface area (Å²) in [5.41, 5.74) is 5.80. The molecule has 2 unspecified atom stereocenters. The van der Waals surface area contributed by atoms with Gasteiger partial charge in [-0.15, -0.1) is 13.2 Å². The van der Waals surface area contributed by atoms with Crippen LogP contribution in [0.3, 0.4) is 0 Å². The Bertz CT molecular complexity index is 567. The zero-order chi connectivity index (χ0) is 15.5. The van der Waals surface area contributed by atoms with Crippen molar-refractivity contribution in [2.45, 2.75) is 25.4 Å². The van der Waals surface area contributed by atoms with Gasteiger partial charge in [0.15, 0.2) is 17.6 Å². The standard InChI is InChI=1S/C14H14F3NO3/c1-9(18)13(12-7-4-8-19-12)20-10-5-2-3-6-11(10)21-14(15,16)17/h2-9,13H,18H2,1H3. The molecule has 2 N–H and O–H groups in total. The summed E-state index contributed by atoms with van der Waals surface area (Å²) in [6.07, 6.45) is -4.09. The fourth-order valence-electron chi connectivity index (χ4n) is 1.77. The minimum atomic E-state index is -4.80. The summed E-state index contributed by atoms with van der Waals surface area (Å²) in [5.74, 6) is -0.0671. The third-order valence-electron chi connectivity index (χ3n) is 2.63. The van der Waals surface area contributed by atoms with Crippen LogP contribution in [0.25, 0.3) is 0 Å². The lowest BCUT2D eigenvalue weighted by atomic mass is 10.1. The van der Waals surface area contributed by atoms with Crippen LogP contribution in [0.15, 0.2) is 47.1 Å². The maximum absolute atomic E-state index is 12.4. The lowest BCUT2D eigenvalue weighted by Crippen LogP contribution is -2.29. The fraction of sp³-hybridized carbons (Fsp3) is 0.286. The third kappa shape index (κ3) is 4.16. The predicted molar refractivity (Wildman–Crippen MR) is 68.9 cm³/mol. The molecule has 0 fully saturated rings. The first kappa shape index (κ1) is 15.2. The van der Waals surface area contributed by atoms with Crippen molar-refractivity contribution in [3.63, 3.8) is 0 Å². The molecule has 0 bridgehead atoms. The van der Waals surface area contributed by atoms with E-state index in [2.05, 4.69) is 4.74 Å². The van der Waals surface area contributed by atoms with Gasteiger partial charge in [0, 0.05) is 6.04 Å². The summed E-state index contributed by atoms with van der Waals surface area (Å²) in [6.45, 7) is 1.67. The SMILES string of the molecule is CC(N)C(Oc1ccccc1OC(F)(F)F)c1ccco1. The Labute approximate surface area is 119 Å². The number of benzene rings is 1. The predicted octanol–water partition coefficient (Wildman–Crippen LogP) is 3.65. The summed E-state index contributed by atoms with van der Waals surface area (Å²) < 4.78 is 51.8. The van der Waals surface area contributed by atoms with E-state index in [1.807, 2.05) is 0 Å². The highest BCUT2D eigenvalue weighted by Crippen LogP contribution is 2.35. The minimum absolute atomic E-state index is 0.0616. The summed E-state index contributed by atoms with van der Waals surface area (Å²) >= 11 is 0. The Morgan fingerprint density at radius 1 is 1.10 bits per heavy atom. The maximum atomic E-state index is 12.4. The van der Waals surface area contributed by atoms with E-state index in [0.29, 0.717) is 5.76 Å². The Kier molecular flexibility index (Phi) is 4.42. The number of nitrogens with two attached hydrogens (primary N) is 1. The molecule has 21 heavy (non-hydrogen) atoms. The number of hydrogen-bond donors (Lipinski definition) is 1. The van der Waals surface area contributed by atoms with Gasteiger partial charge in [-0.1, -0.05) is 12.1 Å². The fourth-order valence-corrected chi connectivity index (χ4v) is 1.77. The van der Waals surface area contributed by atoms with Crippen LogP contribution >= 0.6 is 0 Å². The van der Waals surface area contributed by atoms with Crippen molar-refractivity contribution in [1.29, 1.82) is 0 Å². The first-order chi connectivity index (χ1) is 9.87. The number of para-hydroxylation sites is 2. The zero-order valence-corrected chi connectivity index (χ0v) is 11.1. The molecular formula is C14H14F3NO3. The van der Waals surface area contributed by atoms with Crippen LogP contribution in [-0.2, 0) is 0 Å². The van der Waals surface area contributed by atoms with Gasteiger partial charge in [-0.05, 0) is 31.2 Å². The molecule has 0 aliphatic heterocycles. The van der Waals surface area contributed by atoms with Gasteiger partial charge in [0.1, 0.15) is 5.76 Å². The van der Waals surface area contributed by atoms with E-state index in [4.69, 9.17) is 14.9 Å². The van der Waals surface area contributed by atoms with Gasteiger partial charge in [0.2, 0.25) is 0 Å². The van der Waals surface area contributed by atoms with Crippen LogP contribution < -0.4 is 15.2 Å². The lowest BCUT2D eigenvalue weighted by molar-refractivity contribution is -0.275. The number of alkyl halides is 3. The average molecular weight is 301 g/mol. The highest BCUT2D eigenvalue weighted by molar-refractivity contribution is 5.40. The molecule has 2 aromatic rings. The van der Waals surface area contributed by atoms with Crippen LogP contribution in [0.4, 0.5) is 13.2 Å². The van der Waals surface area contributed by atoms with Gasteiger partial charge in [0.25, 0.3) is 0 Å². The second-order valence-corrected chi connectivity index (χ2v) is 4.41. The van der Waals surface area contributed by atoms with Crippen molar-refractivity contribution in [1.82, 2.24) is 0 Å². The molecule has 1 aromatic carbocycles. The monoisotopic (exact) mass is 301 g/mol. The third-order valence-corrected chi connectivity index (χ3v) is 2.63. The lowest BCUT2D eigenvalue weighted by Gasteiger charge is -2.22. The molecule has 0 saturated carbocycles. The maximum Gasteiger partial charge on any atom is 0.573 e. The Morgan fingerprint density at radius 2 is 1.76 bits per heavy atom. The van der Waals surface area contributed by atoms with E-state index in [1.54, 1.807) is 25.1 Å². The van der Waals surface area contributed by atoms with Crippen LogP contribution in [0, 0.1) is 0 Å². The zero-order valence-electron chi connectivity index (χ0n) is 11.1. The molecule has 2 rings (SSSR count). The number of ether oxygens (including phenoxy) is 2. The van der Waals surface area contributed by atoms with Crippen molar-refractivity contribution in [2.75, 3.05) is 0 Å². The molecule has 1 heterocycles. The first-order valence-corrected chi connectivity index (χ1v) is 6.17.